The Bertz CT molecular complexity index is 1150. The highest BCUT2D eigenvalue weighted by Crippen LogP contribution is 2.26. The molecule has 0 bridgehead atoms. The molecule has 5 heteroatoms. The standard InChI is InChI=1S/C20H13ClN4/c1-12-5-4-6-13-9-14(19(21)25-18(12)13)10-15(11-22)20-23-16-7-2-3-8-17(16)24-20/h2-10H,1H3,(H,23,24). The van der Waals surface area contributed by atoms with Crippen LogP contribution in [0.1, 0.15) is 17.0 Å². The van der Waals surface area contributed by atoms with Crippen molar-refractivity contribution in [1.82, 2.24) is 15.0 Å². The van der Waals surface area contributed by atoms with E-state index in [-0.39, 0.29) is 0 Å². The van der Waals surface area contributed by atoms with Gasteiger partial charge in [0.2, 0.25) is 0 Å². The minimum absolute atomic E-state index is 0.366. The number of nitrogens with one attached hydrogen (secondary N) is 1. The first-order valence-electron chi connectivity index (χ1n) is 7.78. The third-order valence-corrected chi connectivity index (χ3v) is 4.40. The number of nitriles is 1. The van der Waals surface area contributed by atoms with Gasteiger partial charge in [-0.25, -0.2) is 9.97 Å². The summed E-state index contributed by atoms with van der Waals surface area (Å²) in [4.78, 5) is 12.1. The molecule has 2 aromatic carbocycles. The van der Waals surface area contributed by atoms with Gasteiger partial charge in [-0.15, -0.1) is 0 Å². The van der Waals surface area contributed by atoms with Gasteiger partial charge in [0.1, 0.15) is 17.0 Å². The minimum Gasteiger partial charge on any atom is -0.337 e. The highest BCUT2D eigenvalue weighted by atomic mass is 35.5. The van der Waals surface area contributed by atoms with Crippen LogP contribution in [-0.2, 0) is 0 Å². The number of hydrogen-bond acceptors (Lipinski definition) is 3. The monoisotopic (exact) mass is 344 g/mol. The number of allylic oxidation sites excluding steroid dienone is 1. The summed E-state index contributed by atoms with van der Waals surface area (Å²) in [5.74, 6) is 0.518. The topological polar surface area (TPSA) is 65.4 Å². The number of aryl methyl sites for hydroxylation is 1. The predicted molar refractivity (Wildman–Crippen MR) is 101 cm³/mol. The quantitative estimate of drug-likeness (QED) is 0.404. The Morgan fingerprint density at radius 1 is 1.16 bits per heavy atom. The molecule has 2 heterocycles. The van der Waals surface area contributed by atoms with Crippen molar-refractivity contribution in [2.45, 2.75) is 6.92 Å². The largest absolute Gasteiger partial charge is 0.337 e. The molecule has 4 nitrogen and oxygen atoms in total. The zero-order valence-electron chi connectivity index (χ0n) is 13.4. The number of pyridine rings is 1. The van der Waals surface area contributed by atoms with E-state index in [0.29, 0.717) is 22.1 Å². The molecule has 0 unspecified atom stereocenters. The Labute approximate surface area is 149 Å². The van der Waals surface area contributed by atoms with E-state index in [4.69, 9.17) is 11.6 Å². The molecule has 0 atom stereocenters. The third kappa shape index (κ3) is 2.75. The van der Waals surface area contributed by atoms with Gasteiger partial charge in [-0.1, -0.05) is 41.9 Å². The van der Waals surface area contributed by atoms with Crippen LogP contribution < -0.4 is 0 Å². The highest BCUT2D eigenvalue weighted by Gasteiger charge is 2.10. The van der Waals surface area contributed by atoms with Crippen molar-refractivity contribution in [3.63, 3.8) is 0 Å². The number of hydrogen-bond donors (Lipinski definition) is 1. The molecule has 1 N–H and O–H groups in total. The molecule has 0 spiro atoms. The Morgan fingerprint density at radius 3 is 2.80 bits per heavy atom. The molecular formula is C20H13ClN4. The van der Waals surface area contributed by atoms with Gasteiger partial charge < -0.3 is 4.98 Å². The second-order valence-corrected chi connectivity index (χ2v) is 6.15. The fraction of sp³-hybridized carbons (Fsp3) is 0.0500. The van der Waals surface area contributed by atoms with Gasteiger partial charge in [-0.2, -0.15) is 5.26 Å². The normalized spacial score (nSPS) is 11.8. The van der Waals surface area contributed by atoms with Crippen molar-refractivity contribution >= 4 is 45.2 Å². The molecule has 25 heavy (non-hydrogen) atoms. The molecule has 0 aliphatic heterocycles. The van der Waals surface area contributed by atoms with Gasteiger partial charge in [0.05, 0.1) is 22.1 Å². The van der Waals surface area contributed by atoms with Crippen LogP contribution in [0, 0.1) is 18.3 Å². The second kappa shape index (κ2) is 6.04. The Balaban J connectivity index is 1.86. The van der Waals surface area contributed by atoms with Crippen LogP contribution in [0.25, 0.3) is 33.6 Å². The SMILES string of the molecule is Cc1cccc2cc(C=C(C#N)c3nc4ccccc4[nH]3)c(Cl)nc12. The summed E-state index contributed by atoms with van der Waals surface area (Å²) < 4.78 is 0. The summed E-state index contributed by atoms with van der Waals surface area (Å²) >= 11 is 6.35. The van der Waals surface area contributed by atoms with E-state index in [1.807, 2.05) is 55.5 Å². The van der Waals surface area contributed by atoms with Crippen LogP contribution in [0.3, 0.4) is 0 Å². The first-order chi connectivity index (χ1) is 12.2. The smallest absolute Gasteiger partial charge is 0.149 e. The molecule has 0 radical (unpaired) electrons. The lowest BCUT2D eigenvalue weighted by atomic mass is 10.1. The maximum absolute atomic E-state index is 9.57. The molecule has 2 aromatic heterocycles. The lowest BCUT2D eigenvalue weighted by Gasteiger charge is -2.05. The maximum atomic E-state index is 9.57. The number of para-hydroxylation sites is 3. The molecule has 0 fully saturated rings. The van der Waals surface area contributed by atoms with Gasteiger partial charge in [0.15, 0.2) is 0 Å². The number of halogens is 1. The molecular weight excluding hydrogens is 332 g/mol. The van der Waals surface area contributed by atoms with Crippen LogP contribution in [0.2, 0.25) is 5.15 Å². The Kier molecular flexibility index (Phi) is 3.72. The fourth-order valence-corrected chi connectivity index (χ4v) is 3.02. The zero-order chi connectivity index (χ0) is 17.4. The van der Waals surface area contributed by atoms with E-state index in [0.717, 1.165) is 27.5 Å². The Morgan fingerprint density at radius 2 is 2.00 bits per heavy atom. The number of rotatable bonds is 2. The summed E-state index contributed by atoms with van der Waals surface area (Å²) in [6.45, 7) is 2.00. The molecule has 4 rings (SSSR count). The van der Waals surface area contributed by atoms with E-state index >= 15 is 0 Å². The van der Waals surface area contributed by atoms with E-state index in [9.17, 15) is 5.26 Å². The van der Waals surface area contributed by atoms with Gasteiger partial charge in [-0.05, 0) is 36.8 Å². The summed E-state index contributed by atoms with van der Waals surface area (Å²) in [7, 11) is 0. The van der Waals surface area contributed by atoms with Crippen molar-refractivity contribution in [3.05, 3.63) is 70.6 Å². The van der Waals surface area contributed by atoms with Crippen LogP contribution in [0.15, 0.2) is 48.5 Å². The molecule has 120 valence electrons. The van der Waals surface area contributed by atoms with Crippen molar-refractivity contribution in [2.24, 2.45) is 0 Å². The average Bonchev–Trinajstić information content (AvgIpc) is 3.04. The van der Waals surface area contributed by atoms with E-state index in [1.54, 1.807) is 6.08 Å². The highest BCUT2D eigenvalue weighted by molar-refractivity contribution is 6.31. The van der Waals surface area contributed by atoms with Gasteiger partial charge in [0, 0.05) is 10.9 Å². The molecule has 0 aliphatic carbocycles. The van der Waals surface area contributed by atoms with Crippen molar-refractivity contribution < 1.29 is 0 Å². The van der Waals surface area contributed by atoms with Crippen LogP contribution in [0.5, 0.6) is 0 Å². The van der Waals surface area contributed by atoms with Gasteiger partial charge >= 0.3 is 0 Å². The average molecular weight is 345 g/mol. The molecule has 0 saturated carbocycles. The third-order valence-electron chi connectivity index (χ3n) is 4.09. The Hall–Kier alpha value is -3.16. The first kappa shape index (κ1) is 15.4. The lowest BCUT2D eigenvalue weighted by Crippen LogP contribution is -1.90. The van der Waals surface area contributed by atoms with E-state index in [1.165, 1.54) is 0 Å². The molecule has 0 amide bonds. The maximum Gasteiger partial charge on any atom is 0.149 e. The van der Waals surface area contributed by atoms with E-state index in [2.05, 4.69) is 21.0 Å². The van der Waals surface area contributed by atoms with Crippen molar-refractivity contribution in [1.29, 1.82) is 5.26 Å². The number of imidazole rings is 1. The molecule has 0 aliphatic rings. The summed E-state index contributed by atoms with van der Waals surface area (Å²) in [6, 6.07) is 17.8. The number of aromatic nitrogens is 3. The number of benzene rings is 2. The molecule has 0 saturated heterocycles. The minimum atomic E-state index is 0.366. The molecule has 4 aromatic rings. The number of aromatic amines is 1. The van der Waals surface area contributed by atoms with Gasteiger partial charge in [-0.3, -0.25) is 0 Å². The summed E-state index contributed by atoms with van der Waals surface area (Å²) in [5, 5.41) is 10.9. The van der Waals surface area contributed by atoms with Crippen molar-refractivity contribution in [3.8, 4) is 6.07 Å². The van der Waals surface area contributed by atoms with Crippen LogP contribution in [0.4, 0.5) is 0 Å². The first-order valence-corrected chi connectivity index (χ1v) is 8.16. The fourth-order valence-electron chi connectivity index (χ4n) is 2.83. The number of nitrogens with zero attached hydrogens (tertiary/aromatic N) is 3. The van der Waals surface area contributed by atoms with Gasteiger partial charge in [0.25, 0.3) is 0 Å². The zero-order valence-corrected chi connectivity index (χ0v) is 14.2. The number of fused-ring (bicyclic) bond motifs is 2. The van der Waals surface area contributed by atoms with Crippen LogP contribution in [-0.4, -0.2) is 15.0 Å². The van der Waals surface area contributed by atoms with Crippen LogP contribution >= 0.6 is 11.6 Å². The summed E-state index contributed by atoms with van der Waals surface area (Å²) in [5.41, 5.74) is 4.73. The lowest BCUT2D eigenvalue weighted by molar-refractivity contribution is 1.27. The van der Waals surface area contributed by atoms with E-state index < -0.39 is 0 Å². The van der Waals surface area contributed by atoms with Crippen molar-refractivity contribution in [2.75, 3.05) is 0 Å². The second-order valence-electron chi connectivity index (χ2n) is 5.79. The number of H-pyrrole nitrogens is 1. The summed E-state index contributed by atoms with van der Waals surface area (Å²) in [6.07, 6.45) is 1.72. The predicted octanol–water partition coefficient (Wildman–Crippen LogP) is 5.14.